The summed E-state index contributed by atoms with van der Waals surface area (Å²) in [7, 11) is -0.795. The molecule has 1 amide bonds. The van der Waals surface area contributed by atoms with Crippen molar-refractivity contribution in [1.82, 2.24) is 19.4 Å². The number of benzene rings is 2. The van der Waals surface area contributed by atoms with Crippen molar-refractivity contribution in [3.63, 3.8) is 0 Å². The zero-order chi connectivity index (χ0) is 21.0. The number of halogens is 1. The van der Waals surface area contributed by atoms with Crippen LogP contribution in [0.25, 0.3) is 0 Å². The molecular weight excluding hydrogens is 412 g/mol. The van der Waals surface area contributed by atoms with Gasteiger partial charge in [0.05, 0.1) is 22.0 Å². The van der Waals surface area contributed by atoms with Gasteiger partial charge in [0.1, 0.15) is 0 Å². The monoisotopic (exact) mass is 432 g/mol. The van der Waals surface area contributed by atoms with E-state index in [4.69, 9.17) is 11.6 Å². The number of sulfonamides is 1. The molecule has 0 saturated heterocycles. The van der Waals surface area contributed by atoms with Crippen molar-refractivity contribution < 1.29 is 13.2 Å². The Morgan fingerprint density at radius 3 is 2.45 bits per heavy atom. The van der Waals surface area contributed by atoms with Gasteiger partial charge in [-0.05, 0) is 35.4 Å². The molecule has 0 spiro atoms. The Morgan fingerprint density at radius 1 is 1.14 bits per heavy atom. The molecule has 0 aliphatic carbocycles. The van der Waals surface area contributed by atoms with Crippen LogP contribution >= 0.6 is 11.6 Å². The van der Waals surface area contributed by atoms with Crippen molar-refractivity contribution in [3.8, 4) is 0 Å². The fourth-order valence-electron chi connectivity index (χ4n) is 2.67. The van der Waals surface area contributed by atoms with Crippen LogP contribution < -0.4 is 5.32 Å². The largest absolute Gasteiger partial charge is 0.348 e. The van der Waals surface area contributed by atoms with Crippen LogP contribution in [0.2, 0.25) is 5.02 Å². The molecule has 3 aromatic rings. The van der Waals surface area contributed by atoms with Crippen LogP contribution in [0.1, 0.15) is 21.5 Å². The molecule has 152 valence electrons. The van der Waals surface area contributed by atoms with Crippen molar-refractivity contribution in [2.24, 2.45) is 0 Å². The highest BCUT2D eigenvalue weighted by Crippen LogP contribution is 2.22. The Bertz CT molecular complexity index is 1100. The molecule has 0 atom stereocenters. The highest BCUT2D eigenvalue weighted by atomic mass is 35.5. The predicted molar refractivity (Wildman–Crippen MR) is 111 cm³/mol. The number of amides is 1. The second-order valence-corrected chi connectivity index (χ2v) is 9.19. The summed E-state index contributed by atoms with van der Waals surface area (Å²) in [5, 5.41) is 7.14. The molecule has 0 aliphatic rings. The number of nitrogens with zero attached hydrogens (tertiary/aromatic N) is 3. The molecular formula is C20H21ClN4O3S. The summed E-state index contributed by atoms with van der Waals surface area (Å²) in [5.74, 6) is -0.438. The standard InChI is InChI=1S/C20H21ClN4O3S/c1-24(2)29(27,28)17-8-9-19(21)18(12-17)20(26)22-13-15-4-6-16(7-5-15)14-25-11-3-10-23-25/h3-12H,13-14H2,1-2H3,(H,22,26). The number of carbonyl (C=O) groups is 1. The van der Waals surface area contributed by atoms with E-state index < -0.39 is 15.9 Å². The van der Waals surface area contributed by atoms with Gasteiger partial charge in [0.15, 0.2) is 0 Å². The maximum Gasteiger partial charge on any atom is 0.253 e. The summed E-state index contributed by atoms with van der Waals surface area (Å²) in [5.41, 5.74) is 2.12. The van der Waals surface area contributed by atoms with Crippen LogP contribution in [0.15, 0.2) is 65.8 Å². The number of hydrogen-bond donors (Lipinski definition) is 1. The Morgan fingerprint density at radius 2 is 1.83 bits per heavy atom. The van der Waals surface area contributed by atoms with Crippen LogP contribution in [-0.2, 0) is 23.1 Å². The fourth-order valence-corrected chi connectivity index (χ4v) is 3.80. The van der Waals surface area contributed by atoms with E-state index >= 15 is 0 Å². The van der Waals surface area contributed by atoms with E-state index in [0.29, 0.717) is 13.1 Å². The maximum absolute atomic E-state index is 12.6. The lowest BCUT2D eigenvalue weighted by Crippen LogP contribution is -2.25. The zero-order valence-corrected chi connectivity index (χ0v) is 17.6. The fraction of sp³-hybridized carbons (Fsp3) is 0.200. The molecule has 1 N–H and O–H groups in total. The zero-order valence-electron chi connectivity index (χ0n) is 16.0. The Balaban J connectivity index is 1.67. The van der Waals surface area contributed by atoms with Gasteiger partial charge in [-0.25, -0.2) is 12.7 Å². The lowest BCUT2D eigenvalue weighted by atomic mass is 10.1. The van der Waals surface area contributed by atoms with Gasteiger partial charge in [-0.1, -0.05) is 35.9 Å². The van der Waals surface area contributed by atoms with Crippen LogP contribution in [0.5, 0.6) is 0 Å². The van der Waals surface area contributed by atoms with Crippen molar-refractivity contribution in [3.05, 3.63) is 82.6 Å². The SMILES string of the molecule is CN(C)S(=O)(=O)c1ccc(Cl)c(C(=O)NCc2ccc(Cn3cccn3)cc2)c1. The van der Waals surface area contributed by atoms with Gasteiger partial charge in [0, 0.05) is 33.0 Å². The van der Waals surface area contributed by atoms with Gasteiger partial charge >= 0.3 is 0 Å². The van der Waals surface area contributed by atoms with Gasteiger partial charge in [-0.15, -0.1) is 0 Å². The predicted octanol–water partition coefficient (Wildman–Crippen LogP) is 2.77. The number of rotatable bonds is 7. The summed E-state index contributed by atoms with van der Waals surface area (Å²) in [6.07, 6.45) is 3.62. The normalized spacial score (nSPS) is 11.6. The molecule has 1 heterocycles. The first-order valence-corrected chi connectivity index (χ1v) is 10.6. The molecule has 7 nitrogen and oxygen atoms in total. The summed E-state index contributed by atoms with van der Waals surface area (Å²) in [6, 6.07) is 13.7. The molecule has 0 saturated carbocycles. The Kier molecular flexibility index (Phi) is 6.36. The van der Waals surface area contributed by atoms with Gasteiger partial charge in [-0.3, -0.25) is 9.48 Å². The summed E-state index contributed by atoms with van der Waals surface area (Å²) < 4.78 is 27.5. The second kappa shape index (κ2) is 8.77. The van der Waals surface area contributed by atoms with Crippen LogP contribution in [0, 0.1) is 0 Å². The third-order valence-electron chi connectivity index (χ3n) is 4.34. The third-order valence-corrected chi connectivity index (χ3v) is 6.48. The highest BCUT2D eigenvalue weighted by Gasteiger charge is 2.20. The summed E-state index contributed by atoms with van der Waals surface area (Å²) in [6.45, 7) is 0.963. The molecule has 0 radical (unpaired) electrons. The minimum absolute atomic E-state index is 0.0139. The molecule has 2 aromatic carbocycles. The van der Waals surface area contributed by atoms with E-state index in [0.717, 1.165) is 15.4 Å². The van der Waals surface area contributed by atoms with E-state index in [1.165, 1.54) is 32.3 Å². The minimum Gasteiger partial charge on any atom is -0.348 e. The Labute approximate surface area is 175 Å². The molecule has 0 aliphatic heterocycles. The average Bonchev–Trinajstić information content (AvgIpc) is 3.20. The number of aromatic nitrogens is 2. The smallest absolute Gasteiger partial charge is 0.253 e. The minimum atomic E-state index is -3.66. The molecule has 0 unspecified atom stereocenters. The number of carbonyl (C=O) groups excluding carboxylic acids is 1. The van der Waals surface area contributed by atoms with E-state index in [1.807, 2.05) is 41.2 Å². The van der Waals surface area contributed by atoms with Crippen LogP contribution in [-0.4, -0.2) is 42.5 Å². The van der Waals surface area contributed by atoms with E-state index in [1.54, 1.807) is 6.20 Å². The highest BCUT2D eigenvalue weighted by molar-refractivity contribution is 7.89. The number of nitrogens with one attached hydrogen (secondary N) is 1. The first kappa shape index (κ1) is 21.0. The molecule has 1 aromatic heterocycles. The van der Waals surface area contributed by atoms with Crippen molar-refractivity contribution in [2.45, 2.75) is 18.0 Å². The van der Waals surface area contributed by atoms with E-state index in [-0.39, 0.29) is 15.5 Å². The summed E-state index contributed by atoms with van der Waals surface area (Å²) in [4.78, 5) is 12.6. The van der Waals surface area contributed by atoms with E-state index in [9.17, 15) is 13.2 Å². The van der Waals surface area contributed by atoms with Crippen LogP contribution in [0.3, 0.4) is 0 Å². The van der Waals surface area contributed by atoms with Crippen molar-refractivity contribution in [1.29, 1.82) is 0 Å². The molecule has 0 fully saturated rings. The Hall–Kier alpha value is -2.68. The van der Waals surface area contributed by atoms with Crippen molar-refractivity contribution in [2.75, 3.05) is 14.1 Å². The topological polar surface area (TPSA) is 84.3 Å². The first-order valence-electron chi connectivity index (χ1n) is 8.83. The molecule has 29 heavy (non-hydrogen) atoms. The van der Waals surface area contributed by atoms with Gasteiger partial charge in [-0.2, -0.15) is 5.10 Å². The maximum atomic E-state index is 12.6. The number of hydrogen-bond acceptors (Lipinski definition) is 4. The third kappa shape index (κ3) is 5.03. The van der Waals surface area contributed by atoms with Gasteiger partial charge < -0.3 is 5.32 Å². The van der Waals surface area contributed by atoms with Crippen LogP contribution in [0.4, 0.5) is 0 Å². The molecule has 0 bridgehead atoms. The quantitative estimate of drug-likeness (QED) is 0.622. The lowest BCUT2D eigenvalue weighted by molar-refractivity contribution is 0.0951. The van der Waals surface area contributed by atoms with Crippen molar-refractivity contribution >= 4 is 27.5 Å². The van der Waals surface area contributed by atoms with Gasteiger partial charge in [0.25, 0.3) is 5.91 Å². The first-order chi connectivity index (χ1) is 13.8. The molecule has 9 heteroatoms. The molecule has 3 rings (SSSR count). The van der Waals surface area contributed by atoms with E-state index in [2.05, 4.69) is 10.4 Å². The second-order valence-electron chi connectivity index (χ2n) is 6.63. The summed E-state index contributed by atoms with van der Waals surface area (Å²) >= 11 is 6.11. The average molecular weight is 433 g/mol. The lowest BCUT2D eigenvalue weighted by Gasteiger charge is -2.13. The van der Waals surface area contributed by atoms with Gasteiger partial charge in [0.2, 0.25) is 10.0 Å².